The van der Waals surface area contributed by atoms with Crippen LogP contribution in [0.1, 0.15) is 0 Å². The van der Waals surface area contributed by atoms with Crippen LogP contribution < -0.4 is 5.73 Å². The summed E-state index contributed by atoms with van der Waals surface area (Å²) in [7, 11) is 0. The van der Waals surface area contributed by atoms with Crippen molar-refractivity contribution in [2.75, 3.05) is 0 Å². The maximum Gasteiger partial charge on any atom is 2.00 e. The average Bonchev–Trinajstić information content (AvgIpc) is 2.75. The van der Waals surface area contributed by atoms with Gasteiger partial charge in [-0.25, -0.2) is 12.1 Å². The van der Waals surface area contributed by atoms with Gasteiger partial charge < -0.3 is 0 Å². The summed E-state index contributed by atoms with van der Waals surface area (Å²) in [5.74, 6) is 0. The Morgan fingerprint density at radius 3 is 2.00 bits per heavy atom. The second kappa shape index (κ2) is 8.51. The first-order valence-corrected chi connectivity index (χ1v) is 5.04. The number of rotatable bonds is 1. The monoisotopic (exact) mass is 307 g/mol. The van der Waals surface area contributed by atoms with Gasteiger partial charge in [0.15, 0.2) is 0 Å². The zero-order chi connectivity index (χ0) is 10.2. The normalized spacial score (nSPS) is 9.73. The first-order valence-electron chi connectivity index (χ1n) is 4.18. The summed E-state index contributed by atoms with van der Waals surface area (Å²) in [5.41, 5.74) is 6.17. The molecule has 0 aliphatic heterocycles. The quantitative estimate of drug-likeness (QED) is 0.372. The molecule has 0 spiro atoms. The molecule has 0 heterocycles. The smallest absolute Gasteiger partial charge is 0.214 e. The van der Waals surface area contributed by atoms with Crippen molar-refractivity contribution in [3.8, 4) is 0 Å². The van der Waals surface area contributed by atoms with Crippen molar-refractivity contribution in [1.29, 1.82) is 0 Å². The fourth-order valence-corrected chi connectivity index (χ4v) is 1.11. The Labute approximate surface area is 109 Å². The fraction of sp³-hybridized carbons (Fsp3) is 0. The Balaban J connectivity index is 0.000000280. The van der Waals surface area contributed by atoms with E-state index in [2.05, 4.69) is 21.0 Å². The molecule has 0 fully saturated rings. The minimum absolute atomic E-state index is 0. The largest absolute Gasteiger partial charge is 2.00 e. The van der Waals surface area contributed by atoms with E-state index in [-0.39, 0.29) is 17.1 Å². The summed E-state index contributed by atoms with van der Waals surface area (Å²) in [6.45, 7) is 0. The molecule has 4 heteroatoms. The molecule has 2 N–H and O–H groups in total. The van der Waals surface area contributed by atoms with E-state index in [1.165, 1.54) is 0 Å². The third kappa shape index (κ3) is 7.17. The van der Waals surface area contributed by atoms with Crippen LogP contribution in [-0.4, -0.2) is 20.7 Å². The van der Waals surface area contributed by atoms with E-state index >= 15 is 0 Å². The van der Waals surface area contributed by atoms with Crippen molar-refractivity contribution in [2.45, 2.75) is 0 Å². The average molecular weight is 306 g/mol. The van der Waals surface area contributed by atoms with Crippen molar-refractivity contribution in [3.63, 3.8) is 0 Å². The second-order valence-corrected chi connectivity index (χ2v) is 3.43. The summed E-state index contributed by atoms with van der Waals surface area (Å²) in [4.78, 5) is 3.96. The zero-order valence-corrected chi connectivity index (χ0v) is 10.8. The predicted molar refractivity (Wildman–Crippen MR) is 61.1 cm³/mol. The molecule has 0 unspecified atom stereocenters. The second-order valence-electron chi connectivity index (χ2n) is 2.56. The molecule has 2 nitrogen and oxygen atoms in total. The molecular formula is C11H11FeN2Se. The first-order chi connectivity index (χ1) is 6.79. The topological polar surface area (TPSA) is 38.4 Å². The first kappa shape index (κ1) is 14.2. The Bertz CT molecular complexity index is 331. The van der Waals surface area contributed by atoms with Gasteiger partial charge in [-0.1, -0.05) is 0 Å². The van der Waals surface area contributed by atoms with Gasteiger partial charge in [0.25, 0.3) is 0 Å². The molecule has 0 aliphatic carbocycles. The molecule has 0 aliphatic rings. The van der Waals surface area contributed by atoms with Crippen molar-refractivity contribution >= 4 is 26.4 Å². The van der Waals surface area contributed by atoms with Crippen molar-refractivity contribution < 1.29 is 17.1 Å². The van der Waals surface area contributed by atoms with Crippen molar-refractivity contribution in [1.82, 2.24) is 0 Å². The van der Waals surface area contributed by atoms with E-state index in [9.17, 15) is 0 Å². The molecular weight excluding hydrogens is 295 g/mol. The fourth-order valence-electron chi connectivity index (χ4n) is 0.886. The maximum absolute atomic E-state index is 5.28. The van der Waals surface area contributed by atoms with Gasteiger partial charge in [-0.15, -0.1) is 0 Å². The predicted octanol–water partition coefficient (Wildman–Crippen LogP) is 1.92. The number of aliphatic imine (C=N–C) groups is 1. The molecule has 0 aromatic heterocycles. The molecule has 79 valence electrons. The van der Waals surface area contributed by atoms with E-state index in [0.717, 1.165) is 5.69 Å². The summed E-state index contributed by atoms with van der Waals surface area (Å²) >= 11 is 2.61. The molecule has 2 aromatic carbocycles. The van der Waals surface area contributed by atoms with Crippen LogP contribution in [0.5, 0.6) is 0 Å². The number of hydrogen-bond donors (Lipinski definition) is 1. The van der Waals surface area contributed by atoms with Gasteiger partial charge in [-0.05, 0) is 0 Å². The molecule has 0 saturated carbocycles. The third-order valence-corrected chi connectivity index (χ3v) is 1.63. The molecule has 0 saturated heterocycles. The van der Waals surface area contributed by atoms with Crippen molar-refractivity contribution in [3.05, 3.63) is 54.6 Å². The van der Waals surface area contributed by atoms with E-state index in [0.29, 0.717) is 4.73 Å². The Kier molecular flexibility index (Phi) is 8.06. The Morgan fingerprint density at radius 1 is 1.13 bits per heavy atom. The van der Waals surface area contributed by atoms with Crippen LogP contribution in [0.3, 0.4) is 0 Å². The number of amidine groups is 1. The molecule has 0 amide bonds. The van der Waals surface area contributed by atoms with Crippen LogP contribution in [-0.2, 0) is 17.1 Å². The number of hydrogen-bond acceptors (Lipinski definition) is 1. The third-order valence-electron chi connectivity index (χ3n) is 1.44. The summed E-state index contributed by atoms with van der Waals surface area (Å²) in [5, 5.41) is 0. The van der Waals surface area contributed by atoms with Gasteiger partial charge in [0.05, 0.1) is 0 Å². The van der Waals surface area contributed by atoms with Gasteiger partial charge in [-0.2, -0.15) is 18.2 Å². The van der Waals surface area contributed by atoms with Gasteiger partial charge in [0.1, 0.15) is 0 Å². The van der Waals surface area contributed by atoms with Crippen LogP contribution in [0.25, 0.3) is 0 Å². The minimum atomic E-state index is 0. The van der Waals surface area contributed by atoms with Crippen LogP contribution in [0.15, 0.2) is 59.6 Å². The Hall–Kier alpha value is -0.791. The van der Waals surface area contributed by atoms with Crippen LogP contribution in [0.4, 0.5) is 5.69 Å². The van der Waals surface area contributed by atoms with Gasteiger partial charge in [0, 0.05) is 0 Å². The van der Waals surface area contributed by atoms with Gasteiger partial charge in [0.2, 0.25) is 0 Å². The summed E-state index contributed by atoms with van der Waals surface area (Å²) < 4.78 is 0.473. The van der Waals surface area contributed by atoms with Gasteiger partial charge >= 0.3 is 78.5 Å². The molecule has 15 heavy (non-hydrogen) atoms. The molecule has 2 aromatic rings. The summed E-state index contributed by atoms with van der Waals surface area (Å²) in [6.07, 6.45) is 0. The van der Waals surface area contributed by atoms with E-state index in [1.54, 1.807) is 0 Å². The summed E-state index contributed by atoms with van der Waals surface area (Å²) in [6, 6.07) is 17.6. The van der Waals surface area contributed by atoms with E-state index < -0.39 is 0 Å². The molecule has 0 bridgehead atoms. The SMILES string of the molecule is NC([Se])=N[c-]1cccc1.[Fe+2].c1cc[cH-]c1. The maximum atomic E-state index is 5.28. The van der Waals surface area contributed by atoms with E-state index in [4.69, 9.17) is 5.73 Å². The number of nitrogens with two attached hydrogens (primary N) is 1. The van der Waals surface area contributed by atoms with Crippen LogP contribution in [0, 0.1) is 0 Å². The Morgan fingerprint density at radius 2 is 1.67 bits per heavy atom. The standard InChI is InChI=1S/C6H6N2Se.C5H5.Fe/c7-6(9)8-5-3-1-2-4-5;1-2-4-5-3-1;/h1-4H,(H2,7,8);1-5H;/q2*-1;+2. The van der Waals surface area contributed by atoms with Crippen LogP contribution in [0.2, 0.25) is 0 Å². The van der Waals surface area contributed by atoms with Gasteiger partial charge in [-0.3, -0.25) is 0 Å². The zero-order valence-electron chi connectivity index (χ0n) is 7.98. The molecule has 0 atom stereocenters. The molecule has 1 radical (unpaired) electrons. The molecule has 2 rings (SSSR count). The van der Waals surface area contributed by atoms with Crippen LogP contribution >= 0.6 is 0 Å². The van der Waals surface area contributed by atoms with Crippen molar-refractivity contribution in [2.24, 2.45) is 10.7 Å². The number of nitrogens with zero attached hydrogens (tertiary/aromatic N) is 1. The minimum Gasteiger partial charge on any atom is -0.214 e. The van der Waals surface area contributed by atoms with E-state index in [1.807, 2.05) is 54.6 Å².